The summed E-state index contributed by atoms with van der Waals surface area (Å²) >= 11 is 0. The summed E-state index contributed by atoms with van der Waals surface area (Å²) in [5.74, 6) is -1.15. The normalized spacial score (nSPS) is 23.4. The molecular weight excluding hydrogens is 436 g/mol. The first kappa shape index (κ1) is 25.5. The van der Waals surface area contributed by atoms with Gasteiger partial charge in [0.2, 0.25) is 11.6 Å². The first-order chi connectivity index (χ1) is 16.2. The molecule has 0 spiro atoms. The second-order valence-electron chi connectivity index (χ2n) is 9.44. The summed E-state index contributed by atoms with van der Waals surface area (Å²) in [5.41, 5.74) is -1.22. The summed E-state index contributed by atoms with van der Waals surface area (Å²) in [6.45, 7) is 5.27. The lowest BCUT2D eigenvalue weighted by atomic mass is 9.89. The van der Waals surface area contributed by atoms with Crippen LogP contribution >= 0.6 is 0 Å². The predicted octanol–water partition coefficient (Wildman–Crippen LogP) is 2.49. The number of rotatable bonds is 7. The highest BCUT2D eigenvalue weighted by Crippen LogP contribution is 2.28. The van der Waals surface area contributed by atoms with Crippen LogP contribution in [0.1, 0.15) is 64.9 Å². The van der Waals surface area contributed by atoms with Gasteiger partial charge in [-0.1, -0.05) is 52.2 Å². The monoisotopic (exact) mass is 472 g/mol. The van der Waals surface area contributed by atoms with Crippen molar-refractivity contribution < 1.29 is 23.9 Å². The molecule has 3 N–H and O–H groups in total. The largest absolute Gasteiger partial charge is 0.497 e. The first-order valence-corrected chi connectivity index (χ1v) is 12.1. The minimum atomic E-state index is -1.89. The number of methoxy groups -OCH3 is 1. The van der Waals surface area contributed by atoms with E-state index in [9.17, 15) is 19.2 Å². The van der Waals surface area contributed by atoms with Crippen molar-refractivity contribution in [1.29, 1.82) is 0 Å². The molecule has 1 aliphatic heterocycles. The molecule has 0 radical (unpaired) electrons. The second-order valence-corrected chi connectivity index (χ2v) is 9.44. The zero-order valence-corrected chi connectivity index (χ0v) is 20.5. The minimum absolute atomic E-state index is 0.0663. The molecule has 1 aromatic carbocycles. The number of hydrogen-bond donors (Lipinski definition) is 3. The molecule has 2 aliphatic rings. The zero-order chi connectivity index (χ0) is 24.9. The summed E-state index contributed by atoms with van der Waals surface area (Å²) in [5, 5.41) is 8.46. The highest BCUT2D eigenvalue weighted by Gasteiger charge is 2.57. The van der Waals surface area contributed by atoms with Crippen LogP contribution in [0.15, 0.2) is 24.3 Å². The molecule has 9 heteroatoms. The Morgan fingerprint density at radius 1 is 1.15 bits per heavy atom. The van der Waals surface area contributed by atoms with Gasteiger partial charge in [0.25, 0.3) is 11.8 Å². The van der Waals surface area contributed by atoms with Crippen molar-refractivity contribution in [1.82, 2.24) is 20.9 Å². The van der Waals surface area contributed by atoms with Crippen LogP contribution in [0.3, 0.4) is 0 Å². The van der Waals surface area contributed by atoms with Gasteiger partial charge in [-0.3, -0.25) is 14.4 Å². The fourth-order valence-corrected chi connectivity index (χ4v) is 4.64. The number of nitrogens with zero attached hydrogens (tertiary/aromatic N) is 1. The number of carbonyl (C=O) groups excluding carboxylic acids is 4. The molecule has 34 heavy (non-hydrogen) atoms. The van der Waals surface area contributed by atoms with E-state index in [0.29, 0.717) is 11.3 Å². The van der Waals surface area contributed by atoms with Gasteiger partial charge in [0.05, 0.1) is 7.11 Å². The Hall–Kier alpha value is -3.10. The molecule has 1 heterocycles. The Bertz CT molecular complexity index is 910. The van der Waals surface area contributed by atoms with Crippen molar-refractivity contribution in [3.63, 3.8) is 0 Å². The van der Waals surface area contributed by atoms with Gasteiger partial charge >= 0.3 is 6.03 Å². The van der Waals surface area contributed by atoms with Crippen molar-refractivity contribution in [2.75, 3.05) is 7.11 Å². The topological polar surface area (TPSA) is 117 Å². The maximum absolute atomic E-state index is 13.7. The Morgan fingerprint density at radius 3 is 2.35 bits per heavy atom. The maximum Gasteiger partial charge on any atom is 0.326 e. The van der Waals surface area contributed by atoms with Gasteiger partial charge in [0.1, 0.15) is 11.8 Å². The van der Waals surface area contributed by atoms with Crippen LogP contribution in [0.25, 0.3) is 0 Å². The fraction of sp³-hybridized carbons (Fsp3) is 0.600. The molecule has 1 saturated heterocycles. The third-order valence-electron chi connectivity index (χ3n) is 6.62. The maximum atomic E-state index is 13.7. The van der Waals surface area contributed by atoms with Gasteiger partial charge < -0.3 is 20.7 Å². The molecule has 0 bridgehead atoms. The number of amides is 5. The van der Waals surface area contributed by atoms with Gasteiger partial charge in [0.15, 0.2) is 0 Å². The number of imide groups is 1. The molecular formula is C25H36N4O5. The molecule has 3 rings (SSSR count). The van der Waals surface area contributed by atoms with Crippen LogP contribution in [0.2, 0.25) is 0 Å². The molecule has 9 nitrogen and oxygen atoms in total. The van der Waals surface area contributed by atoms with E-state index in [-0.39, 0.29) is 24.8 Å². The standard InChI is InChI=1S/C25H36N4O5/c1-5-20(30)28-25(15-17-11-13-19(34-4)14-12-17)23(32)27-21(16(2)3)22(31)29(25)24(33)26-18-9-7-6-8-10-18/h11-14,16,18,21H,5-10,15H2,1-4H3,(H,26,33)(H,27,32)(H,28,30)/t21-,25-/m0/s1. The summed E-state index contributed by atoms with van der Waals surface area (Å²) in [7, 11) is 1.55. The summed E-state index contributed by atoms with van der Waals surface area (Å²) in [4.78, 5) is 54.5. The van der Waals surface area contributed by atoms with E-state index in [1.165, 1.54) is 0 Å². The van der Waals surface area contributed by atoms with Crippen LogP contribution in [0.4, 0.5) is 4.79 Å². The Labute approximate surface area is 201 Å². The van der Waals surface area contributed by atoms with Gasteiger partial charge in [-0.2, -0.15) is 0 Å². The second kappa shape index (κ2) is 10.9. The minimum Gasteiger partial charge on any atom is -0.497 e. The van der Waals surface area contributed by atoms with Crippen molar-refractivity contribution >= 4 is 23.8 Å². The molecule has 2 atom stereocenters. The first-order valence-electron chi connectivity index (χ1n) is 12.1. The summed E-state index contributed by atoms with van der Waals surface area (Å²) in [6, 6.07) is 5.38. The average molecular weight is 473 g/mol. The number of urea groups is 1. The smallest absolute Gasteiger partial charge is 0.326 e. The quantitative estimate of drug-likeness (QED) is 0.564. The highest BCUT2D eigenvalue weighted by atomic mass is 16.5. The number of piperazine rings is 1. The van der Waals surface area contributed by atoms with Gasteiger partial charge in [-0.05, 0) is 36.5 Å². The van der Waals surface area contributed by atoms with Crippen molar-refractivity contribution in [2.24, 2.45) is 5.92 Å². The molecule has 2 fully saturated rings. The third kappa shape index (κ3) is 5.34. The Kier molecular flexibility index (Phi) is 8.17. The SMILES string of the molecule is CCC(=O)N[C@]1(Cc2ccc(OC)cc2)C(=O)N[C@@H](C(C)C)C(=O)N1C(=O)NC1CCCCC1. The van der Waals surface area contributed by atoms with Crippen molar-refractivity contribution in [3.8, 4) is 5.75 Å². The molecule has 186 valence electrons. The zero-order valence-electron chi connectivity index (χ0n) is 20.5. The van der Waals surface area contributed by atoms with Gasteiger partial charge in [-0.15, -0.1) is 0 Å². The number of carbonyl (C=O) groups is 4. The van der Waals surface area contributed by atoms with E-state index in [4.69, 9.17) is 4.74 Å². The lowest BCUT2D eigenvalue weighted by molar-refractivity contribution is -0.158. The van der Waals surface area contributed by atoms with Crippen LogP contribution in [-0.4, -0.2) is 53.5 Å². The van der Waals surface area contributed by atoms with Crippen molar-refractivity contribution in [3.05, 3.63) is 29.8 Å². The van der Waals surface area contributed by atoms with Crippen LogP contribution in [0, 0.1) is 5.92 Å². The van der Waals surface area contributed by atoms with Crippen LogP contribution < -0.4 is 20.7 Å². The van der Waals surface area contributed by atoms with Gasteiger partial charge in [-0.25, -0.2) is 9.69 Å². The number of benzene rings is 1. The van der Waals surface area contributed by atoms with Crippen molar-refractivity contribution in [2.45, 2.75) is 83.5 Å². The van der Waals surface area contributed by atoms with E-state index >= 15 is 0 Å². The summed E-state index contributed by atoms with van der Waals surface area (Å²) < 4.78 is 5.21. The van der Waals surface area contributed by atoms with Crippen LogP contribution in [0.5, 0.6) is 5.75 Å². The van der Waals surface area contributed by atoms with Crippen LogP contribution in [-0.2, 0) is 20.8 Å². The molecule has 0 aromatic heterocycles. The van der Waals surface area contributed by atoms with E-state index in [2.05, 4.69) is 16.0 Å². The lowest BCUT2D eigenvalue weighted by Crippen LogP contribution is -2.80. The average Bonchev–Trinajstić information content (AvgIpc) is 2.82. The Morgan fingerprint density at radius 2 is 1.79 bits per heavy atom. The van der Waals surface area contributed by atoms with E-state index in [1.807, 2.05) is 0 Å². The van der Waals surface area contributed by atoms with Gasteiger partial charge in [0, 0.05) is 18.9 Å². The third-order valence-corrected chi connectivity index (χ3v) is 6.62. The van der Waals surface area contributed by atoms with E-state index in [0.717, 1.165) is 37.0 Å². The summed E-state index contributed by atoms with van der Waals surface area (Å²) in [6.07, 6.45) is 4.78. The predicted molar refractivity (Wildman–Crippen MR) is 127 cm³/mol. The molecule has 1 aliphatic carbocycles. The molecule has 0 unspecified atom stereocenters. The Balaban J connectivity index is 2.05. The lowest BCUT2D eigenvalue weighted by Gasteiger charge is -2.48. The van der Waals surface area contributed by atoms with E-state index < -0.39 is 35.5 Å². The number of hydrogen-bond acceptors (Lipinski definition) is 5. The highest BCUT2D eigenvalue weighted by molar-refractivity contribution is 6.09. The molecule has 1 aromatic rings. The number of ether oxygens (including phenoxy) is 1. The molecule has 5 amide bonds. The number of nitrogens with one attached hydrogen (secondary N) is 3. The van der Waals surface area contributed by atoms with E-state index in [1.54, 1.807) is 52.1 Å². The fourth-order valence-electron chi connectivity index (χ4n) is 4.64. The molecule has 1 saturated carbocycles.